The molecule has 0 saturated carbocycles. The molecule has 0 unspecified atom stereocenters. The van der Waals surface area contributed by atoms with Gasteiger partial charge in [0.25, 0.3) is 0 Å². The molecule has 6 heteroatoms. The second-order valence-corrected chi connectivity index (χ2v) is 11.5. The Morgan fingerprint density at radius 2 is 0.966 bits per heavy atom. The molecule has 0 N–H and O–H groups in total. The van der Waals surface area contributed by atoms with Crippen molar-refractivity contribution in [2.24, 2.45) is 0 Å². The van der Waals surface area contributed by atoms with Gasteiger partial charge in [-0.25, -0.2) is 16.8 Å². The van der Waals surface area contributed by atoms with Crippen LogP contribution in [0.2, 0.25) is 0 Å². The van der Waals surface area contributed by atoms with Crippen LogP contribution in [0.1, 0.15) is 13.3 Å². The summed E-state index contributed by atoms with van der Waals surface area (Å²) in [5, 5.41) is 3.31. The zero-order valence-corrected chi connectivity index (χ0v) is 17.4. The molecule has 148 valence electrons. The van der Waals surface area contributed by atoms with E-state index < -0.39 is 24.3 Å². The minimum atomic E-state index is -4.09. The van der Waals surface area contributed by atoms with Crippen LogP contribution in [0.5, 0.6) is 0 Å². The summed E-state index contributed by atoms with van der Waals surface area (Å²) in [7, 11) is -8.18. The van der Waals surface area contributed by atoms with Gasteiger partial charge in [0.2, 0.25) is 0 Å². The second kappa shape index (κ2) is 7.28. The van der Waals surface area contributed by atoms with Crippen molar-refractivity contribution in [3.63, 3.8) is 0 Å². The maximum atomic E-state index is 13.3. The van der Waals surface area contributed by atoms with E-state index >= 15 is 0 Å². The van der Waals surface area contributed by atoms with E-state index in [4.69, 9.17) is 0 Å². The Bertz CT molecular complexity index is 1310. The second-order valence-electron chi connectivity index (χ2n) is 6.95. The van der Waals surface area contributed by atoms with Crippen LogP contribution in [0.3, 0.4) is 0 Å². The molecule has 0 bridgehead atoms. The highest BCUT2D eigenvalue weighted by molar-refractivity contribution is 8.09. The van der Waals surface area contributed by atoms with Crippen LogP contribution in [0.15, 0.2) is 94.7 Å². The van der Waals surface area contributed by atoms with Crippen molar-refractivity contribution >= 4 is 41.2 Å². The minimum absolute atomic E-state index is 0.0208. The summed E-state index contributed by atoms with van der Waals surface area (Å²) in [6.07, 6.45) is -0.0374. The lowest BCUT2D eigenvalue weighted by Gasteiger charge is -2.18. The molecule has 0 atom stereocenters. The van der Waals surface area contributed by atoms with E-state index in [0.717, 1.165) is 21.5 Å². The van der Waals surface area contributed by atoms with Crippen molar-refractivity contribution in [1.82, 2.24) is 0 Å². The Hall–Kier alpha value is -2.70. The molecule has 29 heavy (non-hydrogen) atoms. The molecule has 4 rings (SSSR count). The van der Waals surface area contributed by atoms with Crippen molar-refractivity contribution in [2.75, 3.05) is 0 Å². The van der Waals surface area contributed by atoms with Gasteiger partial charge in [-0.2, -0.15) is 0 Å². The van der Waals surface area contributed by atoms with Crippen molar-refractivity contribution in [3.05, 3.63) is 84.9 Å². The van der Waals surface area contributed by atoms with Gasteiger partial charge in [-0.05, 0) is 52.2 Å². The molecular weight excluding hydrogens is 404 g/mol. The van der Waals surface area contributed by atoms with Crippen molar-refractivity contribution in [3.8, 4) is 0 Å². The highest BCUT2D eigenvalue weighted by Crippen LogP contribution is 2.31. The average molecular weight is 425 g/mol. The maximum absolute atomic E-state index is 13.3. The third-order valence-electron chi connectivity index (χ3n) is 5.12. The van der Waals surface area contributed by atoms with Gasteiger partial charge in [0, 0.05) is 0 Å². The lowest BCUT2D eigenvalue weighted by molar-refractivity contribution is 0.572. The topological polar surface area (TPSA) is 68.3 Å². The van der Waals surface area contributed by atoms with E-state index in [-0.39, 0.29) is 16.2 Å². The first kappa shape index (κ1) is 19.6. The molecule has 0 fully saturated rings. The van der Waals surface area contributed by atoms with Crippen molar-refractivity contribution < 1.29 is 16.8 Å². The third kappa shape index (κ3) is 3.43. The van der Waals surface area contributed by atoms with Gasteiger partial charge in [-0.15, -0.1) is 0 Å². The van der Waals surface area contributed by atoms with Crippen LogP contribution in [0.25, 0.3) is 21.5 Å². The van der Waals surface area contributed by atoms with Crippen LogP contribution in [-0.2, 0) is 19.7 Å². The van der Waals surface area contributed by atoms with Crippen LogP contribution in [-0.4, -0.2) is 21.4 Å². The van der Waals surface area contributed by atoms with Crippen LogP contribution in [0.4, 0.5) is 0 Å². The van der Waals surface area contributed by atoms with Gasteiger partial charge in [-0.3, -0.25) is 0 Å². The fourth-order valence-electron chi connectivity index (χ4n) is 3.60. The standard InChI is InChI=1S/C23H20O4S2/c1-2-23(28(24,25)21-13-11-17-7-3-5-9-19(17)15-21)29(26,27)22-14-12-18-8-4-6-10-20(18)16-22/h3-16,23H,2H2,1H3. The molecule has 4 aromatic rings. The lowest BCUT2D eigenvalue weighted by atomic mass is 10.1. The summed E-state index contributed by atoms with van der Waals surface area (Å²) in [6, 6.07) is 24.2. The van der Waals surface area contributed by atoms with Gasteiger partial charge in [0.15, 0.2) is 24.3 Å². The summed E-state index contributed by atoms with van der Waals surface area (Å²) >= 11 is 0. The zero-order chi connectivity index (χ0) is 20.6. The molecule has 4 nitrogen and oxygen atoms in total. The zero-order valence-electron chi connectivity index (χ0n) is 15.8. The lowest BCUT2D eigenvalue weighted by Crippen LogP contribution is -2.30. The molecule has 0 aromatic heterocycles. The molecule has 0 radical (unpaired) electrons. The first-order valence-corrected chi connectivity index (χ1v) is 12.4. The summed E-state index contributed by atoms with van der Waals surface area (Å²) in [6.45, 7) is 1.59. The largest absolute Gasteiger partial charge is 0.222 e. The first-order chi connectivity index (χ1) is 13.8. The molecule has 0 heterocycles. The molecule has 0 aliphatic heterocycles. The van der Waals surface area contributed by atoms with Gasteiger partial charge in [0.1, 0.15) is 0 Å². The van der Waals surface area contributed by atoms with Crippen LogP contribution < -0.4 is 0 Å². The molecule has 0 saturated heterocycles. The molecule has 0 aliphatic rings. The van der Waals surface area contributed by atoms with Gasteiger partial charge in [0.05, 0.1) is 9.79 Å². The smallest absolute Gasteiger partial charge is 0.195 e. The quantitative estimate of drug-likeness (QED) is 0.453. The summed E-state index contributed by atoms with van der Waals surface area (Å²) < 4.78 is 51.7. The van der Waals surface area contributed by atoms with Gasteiger partial charge >= 0.3 is 0 Å². The number of rotatable bonds is 5. The Balaban J connectivity index is 1.82. The molecular formula is C23H20O4S2. The maximum Gasteiger partial charge on any atom is 0.195 e. The number of hydrogen-bond acceptors (Lipinski definition) is 4. The molecule has 0 aliphatic carbocycles. The summed E-state index contributed by atoms with van der Waals surface area (Å²) in [4.78, 5) is 0.0415. The van der Waals surface area contributed by atoms with E-state index in [9.17, 15) is 16.8 Å². The van der Waals surface area contributed by atoms with Crippen molar-refractivity contribution in [1.29, 1.82) is 0 Å². The van der Waals surface area contributed by atoms with E-state index in [1.54, 1.807) is 31.2 Å². The van der Waals surface area contributed by atoms with Gasteiger partial charge in [-0.1, -0.05) is 67.6 Å². The first-order valence-electron chi connectivity index (χ1n) is 9.29. The SMILES string of the molecule is CCC(S(=O)(=O)c1ccc2ccccc2c1)S(=O)(=O)c1ccc2ccccc2c1. The predicted molar refractivity (Wildman–Crippen MR) is 116 cm³/mol. The van der Waals surface area contributed by atoms with E-state index in [1.807, 2.05) is 48.5 Å². The number of hydrogen-bond donors (Lipinski definition) is 0. The minimum Gasteiger partial charge on any atom is -0.222 e. The van der Waals surface area contributed by atoms with Gasteiger partial charge < -0.3 is 0 Å². The highest BCUT2D eigenvalue weighted by Gasteiger charge is 2.38. The van der Waals surface area contributed by atoms with Crippen LogP contribution in [0, 0.1) is 0 Å². The number of benzene rings is 4. The summed E-state index contributed by atoms with van der Waals surface area (Å²) in [5.41, 5.74) is 0. The Morgan fingerprint density at radius 3 is 1.34 bits per heavy atom. The molecule has 0 spiro atoms. The summed E-state index contributed by atoms with van der Waals surface area (Å²) in [5.74, 6) is 0. The normalized spacial score (nSPS) is 12.6. The fraction of sp³-hybridized carbons (Fsp3) is 0.130. The fourth-order valence-corrected chi connectivity index (χ4v) is 8.18. The number of sulfone groups is 2. The molecule has 4 aromatic carbocycles. The van der Waals surface area contributed by atoms with E-state index in [2.05, 4.69) is 0 Å². The Morgan fingerprint density at radius 1 is 0.586 bits per heavy atom. The average Bonchev–Trinajstić information content (AvgIpc) is 2.73. The predicted octanol–water partition coefficient (Wildman–Crippen LogP) is 4.98. The van der Waals surface area contributed by atoms with Crippen LogP contribution >= 0.6 is 0 Å². The third-order valence-corrected chi connectivity index (χ3v) is 10.5. The molecule has 0 amide bonds. The monoisotopic (exact) mass is 424 g/mol. The van der Waals surface area contributed by atoms with E-state index in [0.29, 0.717) is 0 Å². The van der Waals surface area contributed by atoms with E-state index in [1.165, 1.54) is 12.1 Å². The highest BCUT2D eigenvalue weighted by atomic mass is 32.3. The Kier molecular flexibility index (Phi) is 4.92. The van der Waals surface area contributed by atoms with Crippen molar-refractivity contribution in [2.45, 2.75) is 27.7 Å². The Labute approximate surface area is 170 Å². The number of fused-ring (bicyclic) bond motifs is 2.